The molecule has 1 heterocycles. The zero-order chi connectivity index (χ0) is 15.8. The van der Waals surface area contributed by atoms with E-state index in [1.54, 1.807) is 0 Å². The van der Waals surface area contributed by atoms with E-state index < -0.39 is 35.4 Å². The molecule has 2 aromatic rings. The molecule has 0 bridgehead atoms. The maximum atomic E-state index is 13.0. The van der Waals surface area contributed by atoms with Crippen LogP contribution < -0.4 is 0 Å². The molecule has 0 unspecified atom stereocenters. The lowest BCUT2D eigenvalue weighted by Crippen LogP contribution is -2.09. The number of rotatable bonds is 3. The molecular weight excluding hydrogens is 299 g/mol. The Balaban J connectivity index is 2.60. The van der Waals surface area contributed by atoms with Crippen LogP contribution in [0.1, 0.15) is 28.0 Å². The Kier molecular flexibility index (Phi) is 3.67. The van der Waals surface area contributed by atoms with Crippen LogP contribution in [-0.2, 0) is 6.18 Å². The molecule has 4 nitrogen and oxygen atoms in total. The Bertz CT molecular complexity index is 679. The minimum Gasteiger partial charge on any atom is -0.478 e. The molecule has 0 saturated carbocycles. The van der Waals surface area contributed by atoms with E-state index in [9.17, 15) is 26.7 Å². The van der Waals surface area contributed by atoms with Crippen molar-refractivity contribution >= 4 is 5.97 Å². The lowest BCUT2D eigenvalue weighted by atomic mass is 10.2. The SMILES string of the molecule is O=C(O)c1cnn(-c2cccc(C(F)(F)F)c2)c1C(F)F. The number of aromatic carboxylic acids is 1. The molecule has 1 aromatic carbocycles. The van der Waals surface area contributed by atoms with Gasteiger partial charge in [-0.3, -0.25) is 0 Å². The van der Waals surface area contributed by atoms with Gasteiger partial charge in [0, 0.05) is 0 Å². The zero-order valence-corrected chi connectivity index (χ0v) is 10.1. The largest absolute Gasteiger partial charge is 0.478 e. The van der Waals surface area contributed by atoms with Gasteiger partial charge in [-0.25, -0.2) is 18.3 Å². The summed E-state index contributed by atoms with van der Waals surface area (Å²) in [6.07, 6.45) is -7.18. The third kappa shape index (κ3) is 2.86. The lowest BCUT2D eigenvalue weighted by Gasteiger charge is -2.11. The summed E-state index contributed by atoms with van der Waals surface area (Å²) in [5.74, 6) is -1.64. The first kappa shape index (κ1) is 14.9. The maximum Gasteiger partial charge on any atom is 0.416 e. The molecule has 0 aliphatic carbocycles. The molecule has 21 heavy (non-hydrogen) atoms. The summed E-state index contributed by atoms with van der Waals surface area (Å²) >= 11 is 0. The Morgan fingerprint density at radius 1 is 1.29 bits per heavy atom. The van der Waals surface area contributed by atoms with Crippen molar-refractivity contribution in [2.45, 2.75) is 12.6 Å². The predicted molar refractivity (Wildman–Crippen MR) is 60.5 cm³/mol. The Morgan fingerprint density at radius 3 is 2.48 bits per heavy atom. The van der Waals surface area contributed by atoms with Crippen LogP contribution in [0.5, 0.6) is 0 Å². The fourth-order valence-corrected chi connectivity index (χ4v) is 1.75. The molecule has 0 atom stereocenters. The number of hydrogen-bond donors (Lipinski definition) is 1. The van der Waals surface area contributed by atoms with Gasteiger partial charge in [0.05, 0.1) is 17.4 Å². The topological polar surface area (TPSA) is 55.1 Å². The number of carbonyl (C=O) groups is 1. The van der Waals surface area contributed by atoms with Crippen molar-refractivity contribution in [3.05, 3.63) is 47.3 Å². The average Bonchev–Trinajstić information content (AvgIpc) is 2.82. The van der Waals surface area contributed by atoms with E-state index in [1.165, 1.54) is 0 Å². The van der Waals surface area contributed by atoms with Gasteiger partial charge >= 0.3 is 12.1 Å². The number of halogens is 5. The summed E-state index contributed by atoms with van der Waals surface area (Å²) in [5, 5.41) is 12.2. The molecule has 1 N–H and O–H groups in total. The van der Waals surface area contributed by atoms with Gasteiger partial charge in [0.15, 0.2) is 0 Å². The molecular formula is C12H7F5N2O2. The Hall–Kier alpha value is -2.45. The Labute approximate surface area is 114 Å². The van der Waals surface area contributed by atoms with Gasteiger partial charge in [0.2, 0.25) is 0 Å². The van der Waals surface area contributed by atoms with Gasteiger partial charge < -0.3 is 5.11 Å². The highest BCUT2D eigenvalue weighted by Crippen LogP contribution is 2.32. The number of carboxylic acids is 1. The highest BCUT2D eigenvalue weighted by Gasteiger charge is 2.31. The second-order valence-electron chi connectivity index (χ2n) is 4.01. The Morgan fingerprint density at radius 2 is 1.95 bits per heavy atom. The van der Waals surface area contributed by atoms with Crippen LogP contribution in [0.2, 0.25) is 0 Å². The first-order valence-corrected chi connectivity index (χ1v) is 5.49. The minimum absolute atomic E-state index is 0.298. The van der Waals surface area contributed by atoms with Crippen LogP contribution in [0.15, 0.2) is 30.5 Å². The summed E-state index contributed by atoms with van der Waals surface area (Å²) in [7, 11) is 0. The van der Waals surface area contributed by atoms with Gasteiger partial charge in [0.25, 0.3) is 6.43 Å². The number of hydrogen-bond acceptors (Lipinski definition) is 2. The van der Waals surface area contributed by atoms with E-state index in [0.717, 1.165) is 18.2 Å². The molecule has 0 fully saturated rings. The third-order valence-electron chi connectivity index (χ3n) is 2.66. The van der Waals surface area contributed by atoms with Crippen molar-refractivity contribution < 1.29 is 31.9 Å². The summed E-state index contributed by atoms with van der Waals surface area (Å²) in [6, 6.07) is 3.53. The van der Waals surface area contributed by atoms with Gasteiger partial charge in [-0.2, -0.15) is 18.3 Å². The highest BCUT2D eigenvalue weighted by molar-refractivity contribution is 5.88. The molecule has 112 valence electrons. The van der Waals surface area contributed by atoms with Crippen molar-refractivity contribution in [2.24, 2.45) is 0 Å². The number of aromatic nitrogens is 2. The molecule has 0 spiro atoms. The summed E-state index contributed by atoms with van der Waals surface area (Å²) < 4.78 is 64.2. The maximum absolute atomic E-state index is 13.0. The quantitative estimate of drug-likeness (QED) is 0.883. The van der Waals surface area contributed by atoms with Gasteiger partial charge in [0.1, 0.15) is 11.3 Å². The van der Waals surface area contributed by atoms with E-state index in [0.29, 0.717) is 16.9 Å². The second-order valence-corrected chi connectivity index (χ2v) is 4.01. The van der Waals surface area contributed by atoms with E-state index in [4.69, 9.17) is 5.11 Å². The van der Waals surface area contributed by atoms with E-state index in [-0.39, 0.29) is 5.69 Å². The van der Waals surface area contributed by atoms with E-state index in [1.807, 2.05) is 0 Å². The van der Waals surface area contributed by atoms with Crippen molar-refractivity contribution in [1.29, 1.82) is 0 Å². The number of nitrogens with zero attached hydrogens (tertiary/aromatic N) is 2. The highest BCUT2D eigenvalue weighted by atomic mass is 19.4. The standard InChI is InChI=1S/C12H7F5N2O2/c13-10(14)9-8(11(20)21)5-18-19(9)7-3-1-2-6(4-7)12(15,16)17/h1-5,10H,(H,20,21). The van der Waals surface area contributed by atoms with E-state index >= 15 is 0 Å². The molecule has 0 amide bonds. The van der Waals surface area contributed by atoms with Crippen LogP contribution in [0.25, 0.3) is 5.69 Å². The van der Waals surface area contributed by atoms with Crippen molar-refractivity contribution in [2.75, 3.05) is 0 Å². The van der Waals surface area contributed by atoms with Crippen LogP contribution in [0.4, 0.5) is 22.0 Å². The minimum atomic E-state index is -4.65. The summed E-state index contributed by atoms with van der Waals surface area (Å²) in [4.78, 5) is 10.8. The number of alkyl halides is 5. The van der Waals surface area contributed by atoms with Gasteiger partial charge in [-0.05, 0) is 18.2 Å². The van der Waals surface area contributed by atoms with Crippen molar-refractivity contribution in [3.63, 3.8) is 0 Å². The van der Waals surface area contributed by atoms with Gasteiger partial charge in [-0.1, -0.05) is 6.07 Å². The summed E-state index contributed by atoms with van der Waals surface area (Å²) in [6.45, 7) is 0. The predicted octanol–water partition coefficient (Wildman–Crippen LogP) is 3.53. The molecule has 0 radical (unpaired) electrons. The lowest BCUT2D eigenvalue weighted by molar-refractivity contribution is -0.137. The molecule has 0 saturated heterocycles. The third-order valence-corrected chi connectivity index (χ3v) is 2.66. The molecule has 0 aliphatic heterocycles. The first-order chi connectivity index (χ1) is 9.71. The average molecular weight is 306 g/mol. The number of benzene rings is 1. The molecule has 0 aliphatic rings. The molecule has 2 rings (SSSR count). The van der Waals surface area contributed by atoms with Crippen LogP contribution in [0.3, 0.4) is 0 Å². The fraction of sp³-hybridized carbons (Fsp3) is 0.167. The smallest absolute Gasteiger partial charge is 0.416 e. The zero-order valence-electron chi connectivity index (χ0n) is 10.1. The van der Waals surface area contributed by atoms with Gasteiger partial charge in [-0.15, -0.1) is 0 Å². The monoisotopic (exact) mass is 306 g/mol. The first-order valence-electron chi connectivity index (χ1n) is 5.49. The molecule has 1 aromatic heterocycles. The number of carboxylic acid groups (broad SMARTS) is 1. The van der Waals surface area contributed by atoms with E-state index in [2.05, 4.69) is 5.10 Å². The van der Waals surface area contributed by atoms with Crippen LogP contribution >= 0.6 is 0 Å². The summed E-state index contributed by atoms with van der Waals surface area (Å²) in [5.41, 5.74) is -3.08. The van der Waals surface area contributed by atoms with Crippen molar-refractivity contribution in [1.82, 2.24) is 9.78 Å². The van der Waals surface area contributed by atoms with Crippen LogP contribution in [0, 0.1) is 0 Å². The second kappa shape index (κ2) is 5.15. The fourth-order valence-electron chi connectivity index (χ4n) is 1.75. The molecule has 9 heteroatoms. The normalized spacial score (nSPS) is 11.9. The van der Waals surface area contributed by atoms with Crippen LogP contribution in [-0.4, -0.2) is 20.9 Å². The van der Waals surface area contributed by atoms with Crippen molar-refractivity contribution in [3.8, 4) is 5.69 Å².